The van der Waals surface area contributed by atoms with Crippen LogP contribution in [0.3, 0.4) is 0 Å². The number of carbonyl (C=O) groups is 1. The van der Waals surface area contributed by atoms with E-state index in [1.165, 1.54) is 56.6 Å². The average Bonchev–Trinajstić information content (AvgIpc) is 2.56. The van der Waals surface area contributed by atoms with Gasteiger partial charge in [-0.3, -0.25) is 4.79 Å². The number of ether oxygens (including phenoxy) is 1. The van der Waals surface area contributed by atoms with E-state index in [9.17, 15) is 17.6 Å². The molecule has 0 saturated heterocycles. The second-order valence-electron chi connectivity index (χ2n) is 4.53. The van der Waals surface area contributed by atoms with Crippen molar-refractivity contribution in [2.24, 2.45) is 0 Å². The highest BCUT2D eigenvalue weighted by Gasteiger charge is 2.20. The maximum atomic E-state index is 12.9. The van der Waals surface area contributed by atoms with Gasteiger partial charge in [-0.2, -0.15) is 0 Å². The number of nitrogens with one attached hydrogen (secondary N) is 2. The third-order valence-corrected chi connectivity index (χ3v) is 4.52. The molecule has 0 unspecified atom stereocenters. The van der Waals surface area contributed by atoms with Gasteiger partial charge in [0.05, 0.1) is 7.11 Å². The highest BCUT2D eigenvalue weighted by Crippen LogP contribution is 2.25. The first kappa shape index (κ1) is 16.9. The number of hydrogen-bond donors (Lipinski definition) is 2. The van der Waals surface area contributed by atoms with Gasteiger partial charge in [0.15, 0.2) is 0 Å². The van der Waals surface area contributed by atoms with Crippen LogP contribution in [0, 0.1) is 5.82 Å². The van der Waals surface area contributed by atoms with Crippen molar-refractivity contribution in [2.75, 3.05) is 19.5 Å². The second-order valence-corrected chi connectivity index (χ2v) is 6.39. The van der Waals surface area contributed by atoms with Gasteiger partial charge in [0, 0.05) is 11.3 Å². The molecule has 122 valence electrons. The summed E-state index contributed by atoms with van der Waals surface area (Å²) in [5.74, 6) is -0.820. The second kappa shape index (κ2) is 6.76. The Kier molecular flexibility index (Phi) is 4.97. The molecule has 0 fully saturated rings. The van der Waals surface area contributed by atoms with Gasteiger partial charge in [0.2, 0.25) is 10.0 Å². The molecule has 0 radical (unpaired) electrons. The molecule has 2 aromatic carbocycles. The summed E-state index contributed by atoms with van der Waals surface area (Å²) in [5.41, 5.74) is 0.522. The van der Waals surface area contributed by atoms with Crippen molar-refractivity contribution in [2.45, 2.75) is 4.90 Å². The van der Waals surface area contributed by atoms with E-state index in [2.05, 4.69) is 10.0 Å². The summed E-state index contributed by atoms with van der Waals surface area (Å²) in [4.78, 5) is 12.1. The summed E-state index contributed by atoms with van der Waals surface area (Å²) in [6, 6.07) is 9.27. The van der Waals surface area contributed by atoms with Crippen LogP contribution >= 0.6 is 0 Å². The highest BCUT2D eigenvalue weighted by atomic mass is 32.2. The zero-order chi connectivity index (χ0) is 17.0. The van der Waals surface area contributed by atoms with E-state index in [0.29, 0.717) is 5.69 Å². The van der Waals surface area contributed by atoms with Crippen LogP contribution in [-0.2, 0) is 10.0 Å². The van der Waals surface area contributed by atoms with Gasteiger partial charge in [0.25, 0.3) is 5.91 Å². The Bertz CT molecular complexity index is 820. The van der Waals surface area contributed by atoms with Crippen LogP contribution in [0.4, 0.5) is 10.1 Å². The Morgan fingerprint density at radius 1 is 1.13 bits per heavy atom. The van der Waals surface area contributed by atoms with E-state index in [1.807, 2.05) is 0 Å². The largest absolute Gasteiger partial charge is 0.495 e. The average molecular weight is 338 g/mol. The molecule has 1 amide bonds. The van der Waals surface area contributed by atoms with E-state index < -0.39 is 21.7 Å². The van der Waals surface area contributed by atoms with Gasteiger partial charge < -0.3 is 10.1 Å². The topological polar surface area (TPSA) is 84.5 Å². The van der Waals surface area contributed by atoms with E-state index in [-0.39, 0.29) is 16.2 Å². The van der Waals surface area contributed by atoms with E-state index >= 15 is 0 Å². The lowest BCUT2D eigenvalue weighted by Gasteiger charge is -2.11. The molecule has 0 aliphatic carbocycles. The number of sulfonamides is 1. The number of benzene rings is 2. The number of methoxy groups -OCH3 is 1. The maximum Gasteiger partial charge on any atom is 0.255 e. The molecule has 23 heavy (non-hydrogen) atoms. The van der Waals surface area contributed by atoms with Crippen molar-refractivity contribution in [3.8, 4) is 5.75 Å². The number of carbonyl (C=O) groups excluding carboxylic acids is 1. The van der Waals surface area contributed by atoms with Gasteiger partial charge >= 0.3 is 0 Å². The molecular formula is C15H15FN2O4S. The fourth-order valence-corrected chi connectivity index (χ4v) is 2.79. The number of anilines is 1. The molecule has 0 spiro atoms. The Morgan fingerprint density at radius 3 is 2.35 bits per heavy atom. The minimum atomic E-state index is -3.78. The van der Waals surface area contributed by atoms with Gasteiger partial charge in [-0.15, -0.1) is 0 Å². The molecule has 0 bridgehead atoms. The van der Waals surface area contributed by atoms with Gasteiger partial charge in [-0.05, 0) is 49.5 Å². The Labute approximate surface area is 133 Å². The third kappa shape index (κ3) is 3.85. The highest BCUT2D eigenvalue weighted by molar-refractivity contribution is 7.89. The Balaban J connectivity index is 2.34. The normalized spacial score (nSPS) is 11.1. The minimum Gasteiger partial charge on any atom is -0.495 e. The first-order chi connectivity index (χ1) is 10.9. The molecule has 2 N–H and O–H groups in total. The monoisotopic (exact) mass is 338 g/mol. The molecule has 2 aromatic rings. The zero-order valence-corrected chi connectivity index (χ0v) is 13.3. The Hall–Kier alpha value is -2.45. The molecule has 0 heterocycles. The fraction of sp³-hybridized carbons (Fsp3) is 0.133. The number of amides is 1. The van der Waals surface area contributed by atoms with Gasteiger partial charge in [-0.25, -0.2) is 17.5 Å². The Morgan fingerprint density at radius 2 is 1.78 bits per heavy atom. The van der Waals surface area contributed by atoms with Crippen LogP contribution in [0.1, 0.15) is 10.4 Å². The lowest BCUT2D eigenvalue weighted by molar-refractivity contribution is 0.102. The van der Waals surface area contributed by atoms with E-state index in [0.717, 1.165) is 0 Å². The van der Waals surface area contributed by atoms with Crippen LogP contribution < -0.4 is 14.8 Å². The molecule has 0 aliphatic rings. The quantitative estimate of drug-likeness (QED) is 0.873. The molecule has 0 aliphatic heterocycles. The smallest absolute Gasteiger partial charge is 0.255 e. The molecule has 8 heteroatoms. The summed E-state index contributed by atoms with van der Waals surface area (Å²) in [6.07, 6.45) is 0. The van der Waals surface area contributed by atoms with Crippen LogP contribution in [-0.4, -0.2) is 28.5 Å². The predicted octanol–water partition coefficient (Wildman–Crippen LogP) is 1.99. The SMILES string of the molecule is CNS(=O)(=O)c1cc(C(=O)Nc2ccc(F)cc2)ccc1OC. The van der Waals surface area contributed by atoms with Crippen LogP contribution in [0.2, 0.25) is 0 Å². The van der Waals surface area contributed by atoms with Crippen molar-refractivity contribution in [1.82, 2.24) is 4.72 Å². The van der Waals surface area contributed by atoms with Crippen molar-refractivity contribution in [3.63, 3.8) is 0 Å². The van der Waals surface area contributed by atoms with E-state index in [4.69, 9.17) is 4.74 Å². The first-order valence-electron chi connectivity index (χ1n) is 6.56. The van der Waals surface area contributed by atoms with Crippen molar-refractivity contribution >= 4 is 21.6 Å². The zero-order valence-electron chi connectivity index (χ0n) is 12.5. The maximum absolute atomic E-state index is 12.9. The van der Waals surface area contributed by atoms with E-state index in [1.54, 1.807) is 0 Å². The summed E-state index contributed by atoms with van der Waals surface area (Å²) >= 11 is 0. The van der Waals surface area contributed by atoms with Gasteiger partial charge in [0.1, 0.15) is 16.5 Å². The number of halogens is 1. The predicted molar refractivity (Wildman–Crippen MR) is 83.6 cm³/mol. The minimum absolute atomic E-state index is 0.123. The number of rotatable bonds is 5. The summed E-state index contributed by atoms with van der Waals surface area (Å²) in [7, 11) is -1.18. The molecule has 0 aromatic heterocycles. The summed E-state index contributed by atoms with van der Waals surface area (Å²) < 4.78 is 44.0. The lowest BCUT2D eigenvalue weighted by atomic mass is 10.2. The molecule has 0 saturated carbocycles. The van der Waals surface area contributed by atoms with Gasteiger partial charge in [-0.1, -0.05) is 0 Å². The summed E-state index contributed by atoms with van der Waals surface area (Å²) in [6.45, 7) is 0. The van der Waals surface area contributed by atoms with Crippen molar-refractivity contribution in [1.29, 1.82) is 0 Å². The number of hydrogen-bond acceptors (Lipinski definition) is 4. The van der Waals surface area contributed by atoms with Crippen LogP contribution in [0.25, 0.3) is 0 Å². The molecule has 2 rings (SSSR count). The summed E-state index contributed by atoms with van der Waals surface area (Å²) in [5, 5.41) is 2.56. The molecular weight excluding hydrogens is 323 g/mol. The van der Waals surface area contributed by atoms with Crippen LogP contribution in [0.15, 0.2) is 47.4 Å². The van der Waals surface area contributed by atoms with Crippen molar-refractivity contribution in [3.05, 3.63) is 53.8 Å². The first-order valence-corrected chi connectivity index (χ1v) is 8.04. The molecule has 6 nitrogen and oxygen atoms in total. The lowest BCUT2D eigenvalue weighted by Crippen LogP contribution is -2.20. The van der Waals surface area contributed by atoms with Crippen LogP contribution in [0.5, 0.6) is 5.75 Å². The van der Waals surface area contributed by atoms with Crippen molar-refractivity contribution < 1.29 is 22.3 Å². The molecule has 0 atom stereocenters. The third-order valence-electron chi connectivity index (χ3n) is 3.09. The standard InChI is InChI=1S/C15H15FN2O4S/c1-17-23(20,21)14-9-10(3-8-13(14)22-2)15(19)18-12-6-4-11(16)5-7-12/h3-9,17H,1-2H3,(H,18,19). The fourth-order valence-electron chi connectivity index (χ4n) is 1.87.